The van der Waals surface area contributed by atoms with Crippen molar-refractivity contribution in [1.29, 1.82) is 0 Å². The Hall–Kier alpha value is -2.09. The van der Waals surface area contributed by atoms with Gasteiger partial charge in [-0.2, -0.15) is 0 Å². The molecule has 0 spiro atoms. The number of rotatable bonds is 3. The molecule has 1 unspecified atom stereocenters. The zero-order valence-electron chi connectivity index (χ0n) is 11.5. The Kier molecular flexibility index (Phi) is 3.91. The molecule has 1 aliphatic heterocycles. The van der Waals surface area contributed by atoms with Crippen LogP contribution in [0.1, 0.15) is 13.8 Å². The van der Waals surface area contributed by atoms with Gasteiger partial charge in [0.25, 0.3) is 10.0 Å². The first-order valence-corrected chi connectivity index (χ1v) is 7.66. The highest BCUT2D eigenvalue weighted by Crippen LogP contribution is 2.31. The molecule has 8 heteroatoms. The average Bonchev–Trinajstić information content (AvgIpc) is 2.66. The Balaban J connectivity index is 2.07. The Morgan fingerprint density at radius 2 is 1.95 bits per heavy atom. The summed E-state index contributed by atoms with van der Waals surface area (Å²) in [4.78, 5) is 23.1. The molecular weight excluding hydrogens is 298 g/mol. The van der Waals surface area contributed by atoms with E-state index in [0.29, 0.717) is 0 Å². The van der Waals surface area contributed by atoms with Crippen LogP contribution in [0.5, 0.6) is 0 Å². The molecule has 1 N–H and O–H groups in total. The molecule has 1 heterocycles. The Labute approximate surface area is 122 Å². The lowest BCUT2D eigenvalue weighted by molar-refractivity contribution is -0.145. The largest absolute Gasteiger partial charge is 0.462 e. The number of sulfonamides is 1. The van der Waals surface area contributed by atoms with Crippen molar-refractivity contribution >= 4 is 22.1 Å². The van der Waals surface area contributed by atoms with Crippen molar-refractivity contribution in [2.24, 2.45) is 5.41 Å². The van der Waals surface area contributed by atoms with Crippen LogP contribution < -0.4 is 4.72 Å². The maximum atomic E-state index is 11.9. The molecule has 7 nitrogen and oxygen atoms in total. The van der Waals surface area contributed by atoms with E-state index in [2.05, 4.69) is 0 Å². The molecule has 0 aromatic heterocycles. The normalized spacial score (nSPS) is 20.7. The molecular formula is C13H15NO6S. The molecule has 1 fully saturated rings. The molecule has 1 atom stereocenters. The topological polar surface area (TPSA) is 98.8 Å². The van der Waals surface area contributed by atoms with E-state index in [1.165, 1.54) is 24.3 Å². The van der Waals surface area contributed by atoms with Crippen LogP contribution in [0, 0.1) is 5.41 Å². The van der Waals surface area contributed by atoms with Crippen LogP contribution in [-0.4, -0.2) is 33.2 Å². The van der Waals surface area contributed by atoms with Crippen LogP contribution in [0.4, 0.5) is 4.79 Å². The number of amides is 1. The summed E-state index contributed by atoms with van der Waals surface area (Å²) in [7, 11) is -4.03. The fourth-order valence-corrected chi connectivity index (χ4v) is 2.74. The zero-order chi connectivity index (χ0) is 15.7. The van der Waals surface area contributed by atoms with Crippen LogP contribution in [-0.2, 0) is 24.3 Å². The van der Waals surface area contributed by atoms with Gasteiger partial charge in [0.05, 0.1) is 4.90 Å². The van der Waals surface area contributed by atoms with E-state index in [1.54, 1.807) is 24.6 Å². The van der Waals surface area contributed by atoms with Gasteiger partial charge in [-0.3, -0.25) is 0 Å². The molecule has 1 aromatic carbocycles. The van der Waals surface area contributed by atoms with Crippen molar-refractivity contribution in [2.45, 2.75) is 24.8 Å². The Morgan fingerprint density at radius 1 is 1.33 bits per heavy atom. The van der Waals surface area contributed by atoms with Crippen molar-refractivity contribution in [1.82, 2.24) is 4.72 Å². The van der Waals surface area contributed by atoms with E-state index < -0.39 is 33.6 Å². The first-order chi connectivity index (χ1) is 9.72. The minimum atomic E-state index is -4.03. The number of carbonyl (C=O) groups is 2. The first-order valence-electron chi connectivity index (χ1n) is 6.17. The number of ether oxygens (including phenoxy) is 2. The first kappa shape index (κ1) is 15.3. The predicted molar refractivity (Wildman–Crippen MR) is 71.8 cm³/mol. The van der Waals surface area contributed by atoms with Gasteiger partial charge in [-0.1, -0.05) is 32.0 Å². The van der Waals surface area contributed by atoms with E-state index in [0.717, 1.165) is 0 Å². The van der Waals surface area contributed by atoms with E-state index in [9.17, 15) is 18.0 Å². The quantitative estimate of drug-likeness (QED) is 0.838. The lowest BCUT2D eigenvalue weighted by Gasteiger charge is -2.21. The van der Waals surface area contributed by atoms with Crippen LogP contribution >= 0.6 is 0 Å². The molecule has 0 bridgehead atoms. The lowest BCUT2D eigenvalue weighted by Crippen LogP contribution is -2.40. The summed E-state index contributed by atoms with van der Waals surface area (Å²) < 4.78 is 35.3. The highest BCUT2D eigenvalue weighted by molar-refractivity contribution is 7.90. The Bertz CT molecular complexity index is 652. The van der Waals surface area contributed by atoms with Gasteiger partial charge in [0.2, 0.25) is 6.10 Å². The number of nitrogens with one attached hydrogen (secondary N) is 1. The molecule has 0 saturated carbocycles. The number of benzene rings is 1. The average molecular weight is 313 g/mol. The number of hydrogen-bond acceptors (Lipinski definition) is 6. The zero-order valence-corrected chi connectivity index (χ0v) is 12.3. The van der Waals surface area contributed by atoms with Crippen LogP contribution in [0.2, 0.25) is 0 Å². The van der Waals surface area contributed by atoms with E-state index in [-0.39, 0.29) is 11.5 Å². The number of esters is 1. The van der Waals surface area contributed by atoms with Gasteiger partial charge >= 0.3 is 12.1 Å². The molecule has 114 valence electrons. The summed E-state index contributed by atoms with van der Waals surface area (Å²) in [5.41, 5.74) is -0.703. The molecule has 1 aliphatic rings. The Morgan fingerprint density at radius 3 is 2.48 bits per heavy atom. The fraction of sp³-hybridized carbons (Fsp3) is 0.385. The smallest absolute Gasteiger partial charge is 0.422 e. The van der Waals surface area contributed by atoms with Gasteiger partial charge in [0, 0.05) is 5.41 Å². The fourth-order valence-electron chi connectivity index (χ4n) is 1.83. The van der Waals surface area contributed by atoms with Crippen LogP contribution in [0.25, 0.3) is 0 Å². The maximum absolute atomic E-state index is 11.9. The third kappa shape index (κ3) is 3.33. The van der Waals surface area contributed by atoms with Gasteiger partial charge in [-0.05, 0) is 12.1 Å². The second-order valence-corrected chi connectivity index (χ2v) is 6.98. The SMILES string of the molecule is CC1(C)COC(=O)C1OC(=O)NS(=O)(=O)c1ccccc1. The van der Waals surface area contributed by atoms with Crippen molar-refractivity contribution in [2.75, 3.05) is 6.61 Å². The van der Waals surface area contributed by atoms with E-state index in [4.69, 9.17) is 9.47 Å². The van der Waals surface area contributed by atoms with Gasteiger partial charge in [-0.25, -0.2) is 22.7 Å². The predicted octanol–water partition coefficient (Wildman–Crippen LogP) is 1.05. The van der Waals surface area contributed by atoms with E-state index in [1.807, 2.05) is 0 Å². The highest BCUT2D eigenvalue weighted by atomic mass is 32.2. The summed E-state index contributed by atoms with van der Waals surface area (Å²) in [6.45, 7) is 3.47. The number of cyclic esters (lactones) is 1. The van der Waals surface area contributed by atoms with Gasteiger partial charge in [0.1, 0.15) is 6.61 Å². The molecule has 1 amide bonds. The molecule has 1 aromatic rings. The number of carbonyl (C=O) groups excluding carboxylic acids is 2. The third-order valence-corrected chi connectivity index (χ3v) is 4.33. The summed E-state index contributed by atoms with van der Waals surface area (Å²) >= 11 is 0. The van der Waals surface area contributed by atoms with Gasteiger partial charge in [-0.15, -0.1) is 0 Å². The van der Waals surface area contributed by atoms with E-state index >= 15 is 0 Å². The van der Waals surface area contributed by atoms with Crippen LogP contribution in [0.3, 0.4) is 0 Å². The molecule has 2 rings (SSSR count). The highest BCUT2D eigenvalue weighted by Gasteiger charge is 2.47. The second-order valence-electron chi connectivity index (χ2n) is 5.30. The molecule has 1 saturated heterocycles. The van der Waals surface area contributed by atoms with Crippen LogP contribution in [0.15, 0.2) is 35.2 Å². The van der Waals surface area contributed by atoms with Crippen molar-refractivity contribution in [3.8, 4) is 0 Å². The van der Waals surface area contributed by atoms with Crippen molar-refractivity contribution < 1.29 is 27.5 Å². The standard InChI is InChI=1S/C13H15NO6S/c1-13(2)8-19-11(15)10(13)20-12(16)14-21(17,18)9-6-4-3-5-7-9/h3-7,10H,8H2,1-2H3,(H,14,16). The van der Waals surface area contributed by atoms with Crippen molar-refractivity contribution in [3.63, 3.8) is 0 Å². The van der Waals surface area contributed by atoms with Gasteiger partial charge in [0.15, 0.2) is 0 Å². The third-order valence-electron chi connectivity index (χ3n) is 3.01. The second kappa shape index (κ2) is 5.36. The van der Waals surface area contributed by atoms with Crippen molar-refractivity contribution in [3.05, 3.63) is 30.3 Å². The monoisotopic (exact) mass is 313 g/mol. The molecule has 0 aliphatic carbocycles. The summed E-state index contributed by atoms with van der Waals surface area (Å²) in [6.07, 6.45) is -2.35. The lowest BCUT2D eigenvalue weighted by atomic mass is 9.90. The van der Waals surface area contributed by atoms with Gasteiger partial charge < -0.3 is 9.47 Å². The summed E-state index contributed by atoms with van der Waals surface area (Å²) in [6, 6.07) is 7.37. The maximum Gasteiger partial charge on any atom is 0.422 e. The number of hydrogen-bond donors (Lipinski definition) is 1. The summed E-state index contributed by atoms with van der Waals surface area (Å²) in [5.74, 6) is -0.688. The minimum Gasteiger partial charge on any atom is -0.462 e. The molecule has 21 heavy (non-hydrogen) atoms. The molecule has 0 radical (unpaired) electrons. The minimum absolute atomic E-state index is 0.0739. The summed E-state index contributed by atoms with van der Waals surface area (Å²) in [5, 5.41) is 0.